The topological polar surface area (TPSA) is 97.1 Å². The van der Waals surface area contributed by atoms with Gasteiger partial charge in [-0.2, -0.15) is 0 Å². The highest BCUT2D eigenvalue weighted by atomic mass is 16.2. The highest BCUT2D eigenvalue weighted by Gasteiger charge is 2.05. The van der Waals surface area contributed by atoms with Crippen molar-refractivity contribution in [2.45, 2.75) is 25.8 Å². The van der Waals surface area contributed by atoms with Gasteiger partial charge in [0.15, 0.2) is 0 Å². The van der Waals surface area contributed by atoms with Gasteiger partial charge in [0.25, 0.3) is 5.91 Å². The number of nitrogens with one attached hydrogen (secondary N) is 2. The van der Waals surface area contributed by atoms with E-state index >= 15 is 0 Å². The highest BCUT2D eigenvalue weighted by molar-refractivity contribution is 5.93. The molecule has 0 spiro atoms. The lowest BCUT2D eigenvalue weighted by Gasteiger charge is -2.08. The van der Waals surface area contributed by atoms with Crippen LogP contribution in [0.5, 0.6) is 0 Å². The Balaban J connectivity index is 2.14. The maximum atomic E-state index is 11.6. The predicted octanol–water partition coefficient (Wildman–Crippen LogP) is 0.0550. The van der Waals surface area contributed by atoms with Crippen LogP contribution in [-0.2, 0) is 4.79 Å². The van der Waals surface area contributed by atoms with Gasteiger partial charge < -0.3 is 16.4 Å². The van der Waals surface area contributed by atoms with Crippen LogP contribution in [0.15, 0.2) is 24.5 Å². The molecule has 1 aromatic rings. The number of amides is 2. The maximum Gasteiger partial charge on any atom is 0.252 e. The van der Waals surface area contributed by atoms with E-state index in [4.69, 9.17) is 5.73 Å². The van der Waals surface area contributed by atoms with Gasteiger partial charge in [0.1, 0.15) is 0 Å². The molecule has 0 fully saturated rings. The molecule has 0 aliphatic carbocycles. The quantitative estimate of drug-likeness (QED) is 0.606. The molecule has 1 aromatic heterocycles. The molecule has 19 heavy (non-hydrogen) atoms. The molecule has 2 amide bonds. The van der Waals surface area contributed by atoms with Crippen molar-refractivity contribution in [3.8, 4) is 0 Å². The van der Waals surface area contributed by atoms with Crippen molar-refractivity contribution < 1.29 is 9.59 Å². The molecule has 0 bridgehead atoms. The van der Waals surface area contributed by atoms with Crippen molar-refractivity contribution in [2.75, 3.05) is 13.1 Å². The summed E-state index contributed by atoms with van der Waals surface area (Å²) < 4.78 is 0. The largest absolute Gasteiger partial charge is 0.354 e. The summed E-state index contributed by atoms with van der Waals surface area (Å²) in [5.41, 5.74) is 6.06. The molecule has 1 rings (SSSR count). The summed E-state index contributed by atoms with van der Waals surface area (Å²) in [5.74, 6) is -0.245. The van der Waals surface area contributed by atoms with E-state index in [0.29, 0.717) is 31.5 Å². The summed E-state index contributed by atoms with van der Waals surface area (Å²) in [6.07, 6.45) is 4.17. The first kappa shape index (κ1) is 15.1. The number of carbonyl (C=O) groups excluding carboxylic acids is 2. The van der Waals surface area contributed by atoms with Crippen LogP contribution >= 0.6 is 0 Å². The van der Waals surface area contributed by atoms with Gasteiger partial charge in [0, 0.05) is 37.9 Å². The standard InChI is InChI=1S/C13H20N4O2/c1-10(14)4-5-12(18)16-7-8-17-13(19)11-3-2-6-15-9-11/h2-3,6,9-10H,4-5,7-8,14H2,1H3,(H,16,18)(H,17,19). The van der Waals surface area contributed by atoms with Crippen molar-refractivity contribution in [1.82, 2.24) is 15.6 Å². The Morgan fingerprint density at radius 1 is 1.37 bits per heavy atom. The van der Waals surface area contributed by atoms with Gasteiger partial charge in [-0.3, -0.25) is 14.6 Å². The fraction of sp³-hybridized carbons (Fsp3) is 0.462. The summed E-state index contributed by atoms with van der Waals surface area (Å²) in [7, 11) is 0. The van der Waals surface area contributed by atoms with E-state index in [0.717, 1.165) is 0 Å². The molecule has 6 heteroatoms. The fourth-order valence-corrected chi connectivity index (χ4v) is 1.42. The Morgan fingerprint density at radius 2 is 2.11 bits per heavy atom. The molecule has 0 aromatic carbocycles. The Labute approximate surface area is 112 Å². The normalized spacial score (nSPS) is 11.7. The predicted molar refractivity (Wildman–Crippen MR) is 72.5 cm³/mol. The minimum Gasteiger partial charge on any atom is -0.354 e. The summed E-state index contributed by atoms with van der Waals surface area (Å²) in [4.78, 5) is 26.9. The molecule has 0 saturated heterocycles. The number of aromatic nitrogens is 1. The van der Waals surface area contributed by atoms with Gasteiger partial charge in [-0.15, -0.1) is 0 Å². The number of carbonyl (C=O) groups is 2. The molecule has 1 atom stereocenters. The smallest absolute Gasteiger partial charge is 0.252 e. The van der Waals surface area contributed by atoms with Gasteiger partial charge in [-0.05, 0) is 25.5 Å². The Kier molecular flexibility index (Phi) is 6.52. The van der Waals surface area contributed by atoms with Gasteiger partial charge in [-0.25, -0.2) is 0 Å². The lowest BCUT2D eigenvalue weighted by atomic mass is 10.2. The van der Waals surface area contributed by atoms with Gasteiger partial charge in [-0.1, -0.05) is 0 Å². The molecule has 4 N–H and O–H groups in total. The van der Waals surface area contributed by atoms with Gasteiger partial charge in [0.05, 0.1) is 5.56 Å². The van der Waals surface area contributed by atoms with Gasteiger partial charge in [0.2, 0.25) is 5.91 Å². The summed E-state index contributed by atoms with van der Waals surface area (Å²) in [5, 5.41) is 5.42. The summed E-state index contributed by atoms with van der Waals surface area (Å²) in [6.45, 7) is 2.66. The zero-order valence-electron chi connectivity index (χ0n) is 11.1. The average Bonchev–Trinajstić information content (AvgIpc) is 2.42. The van der Waals surface area contributed by atoms with E-state index in [2.05, 4.69) is 15.6 Å². The van der Waals surface area contributed by atoms with E-state index < -0.39 is 0 Å². The molecule has 0 aliphatic rings. The van der Waals surface area contributed by atoms with Crippen molar-refractivity contribution >= 4 is 11.8 Å². The van der Waals surface area contributed by atoms with Crippen LogP contribution < -0.4 is 16.4 Å². The molecule has 0 radical (unpaired) electrons. The molecule has 6 nitrogen and oxygen atoms in total. The van der Waals surface area contributed by atoms with Crippen LogP contribution in [0, 0.1) is 0 Å². The number of nitrogens with zero attached hydrogens (tertiary/aromatic N) is 1. The Bertz CT molecular complexity index is 406. The number of hydrogen-bond acceptors (Lipinski definition) is 4. The molecular weight excluding hydrogens is 244 g/mol. The lowest BCUT2D eigenvalue weighted by molar-refractivity contribution is -0.121. The van der Waals surface area contributed by atoms with Crippen LogP contribution in [-0.4, -0.2) is 35.9 Å². The van der Waals surface area contributed by atoms with E-state index in [1.54, 1.807) is 18.3 Å². The third kappa shape index (κ3) is 6.52. The third-order valence-corrected chi connectivity index (χ3v) is 2.48. The first-order valence-corrected chi connectivity index (χ1v) is 6.30. The van der Waals surface area contributed by atoms with Crippen LogP contribution in [0.3, 0.4) is 0 Å². The first-order chi connectivity index (χ1) is 9.09. The monoisotopic (exact) mass is 264 g/mol. The minimum absolute atomic E-state index is 0.0241. The zero-order valence-corrected chi connectivity index (χ0v) is 11.1. The molecule has 0 saturated carbocycles. The molecule has 0 aliphatic heterocycles. The third-order valence-electron chi connectivity index (χ3n) is 2.48. The summed E-state index contributed by atoms with van der Waals surface area (Å²) >= 11 is 0. The second-order valence-corrected chi connectivity index (χ2v) is 4.36. The van der Waals surface area contributed by atoms with Crippen LogP contribution in [0.1, 0.15) is 30.1 Å². The van der Waals surface area contributed by atoms with Crippen molar-refractivity contribution in [3.63, 3.8) is 0 Å². The van der Waals surface area contributed by atoms with E-state index in [1.807, 2.05) is 6.92 Å². The Morgan fingerprint density at radius 3 is 2.74 bits per heavy atom. The van der Waals surface area contributed by atoms with Crippen molar-refractivity contribution in [1.29, 1.82) is 0 Å². The second-order valence-electron chi connectivity index (χ2n) is 4.36. The van der Waals surface area contributed by atoms with E-state index in [-0.39, 0.29) is 17.9 Å². The average molecular weight is 264 g/mol. The first-order valence-electron chi connectivity index (χ1n) is 6.30. The lowest BCUT2D eigenvalue weighted by Crippen LogP contribution is -2.35. The molecule has 1 unspecified atom stereocenters. The second kappa shape index (κ2) is 8.20. The number of rotatable bonds is 7. The van der Waals surface area contributed by atoms with E-state index in [1.165, 1.54) is 6.20 Å². The molecular formula is C13H20N4O2. The Hall–Kier alpha value is -1.95. The summed E-state index contributed by atoms with van der Waals surface area (Å²) in [6, 6.07) is 3.41. The van der Waals surface area contributed by atoms with Crippen molar-refractivity contribution in [2.24, 2.45) is 5.73 Å². The van der Waals surface area contributed by atoms with Crippen LogP contribution in [0.4, 0.5) is 0 Å². The fourth-order valence-electron chi connectivity index (χ4n) is 1.42. The number of pyridine rings is 1. The number of hydrogen-bond donors (Lipinski definition) is 3. The molecule has 1 heterocycles. The highest BCUT2D eigenvalue weighted by Crippen LogP contribution is 1.94. The van der Waals surface area contributed by atoms with E-state index in [9.17, 15) is 9.59 Å². The van der Waals surface area contributed by atoms with Crippen LogP contribution in [0.25, 0.3) is 0 Å². The maximum absolute atomic E-state index is 11.6. The number of nitrogens with two attached hydrogens (primary N) is 1. The zero-order chi connectivity index (χ0) is 14.1. The minimum atomic E-state index is -0.196. The molecule has 104 valence electrons. The van der Waals surface area contributed by atoms with Crippen molar-refractivity contribution in [3.05, 3.63) is 30.1 Å². The van der Waals surface area contributed by atoms with Gasteiger partial charge >= 0.3 is 0 Å². The SMILES string of the molecule is CC(N)CCC(=O)NCCNC(=O)c1cccnc1. The van der Waals surface area contributed by atoms with Crippen LogP contribution in [0.2, 0.25) is 0 Å².